The molecule has 25 heavy (non-hydrogen) atoms. The first kappa shape index (κ1) is 15.2. The first-order valence-electron chi connectivity index (χ1n) is 9.53. The Balaban J connectivity index is 1.36. The van der Waals surface area contributed by atoms with Crippen LogP contribution >= 0.6 is 0 Å². The predicted octanol–water partition coefficient (Wildman–Crippen LogP) is 2.09. The molecule has 2 amide bonds. The average molecular weight is 340 g/mol. The summed E-state index contributed by atoms with van der Waals surface area (Å²) >= 11 is 0. The topological polar surface area (TPSA) is 49.9 Å². The van der Waals surface area contributed by atoms with Crippen LogP contribution in [0, 0.1) is 11.8 Å². The van der Waals surface area contributed by atoms with E-state index >= 15 is 0 Å². The second kappa shape index (κ2) is 5.75. The van der Waals surface area contributed by atoms with Gasteiger partial charge in [-0.25, -0.2) is 0 Å². The minimum atomic E-state index is 0.139. The molecule has 0 aliphatic carbocycles. The maximum atomic E-state index is 13.1. The van der Waals surface area contributed by atoms with Crippen LogP contribution in [0.3, 0.4) is 0 Å². The molecule has 0 N–H and O–H groups in total. The maximum absolute atomic E-state index is 13.1. The molecule has 2 unspecified atom stereocenters. The van der Waals surface area contributed by atoms with E-state index in [2.05, 4.69) is 4.90 Å². The Kier molecular flexibility index (Phi) is 3.50. The van der Waals surface area contributed by atoms with Crippen molar-refractivity contribution in [2.45, 2.75) is 38.1 Å². The second-order valence-corrected chi connectivity index (χ2v) is 8.00. The monoisotopic (exact) mass is 340 g/mol. The summed E-state index contributed by atoms with van der Waals surface area (Å²) in [7, 11) is 0. The Morgan fingerprint density at radius 2 is 2.08 bits per heavy atom. The number of amides is 2. The Bertz CT molecular complexity index is 732. The molecule has 3 atom stereocenters. The first-order chi connectivity index (χ1) is 12.2. The molecule has 5 heteroatoms. The first-order valence-corrected chi connectivity index (χ1v) is 9.53. The van der Waals surface area contributed by atoms with Crippen molar-refractivity contribution in [3.8, 4) is 5.75 Å². The van der Waals surface area contributed by atoms with Crippen molar-refractivity contribution in [3.63, 3.8) is 0 Å². The third kappa shape index (κ3) is 2.52. The summed E-state index contributed by atoms with van der Waals surface area (Å²) in [4.78, 5) is 29.5. The van der Waals surface area contributed by atoms with Crippen LogP contribution in [0.1, 0.15) is 41.6 Å². The minimum absolute atomic E-state index is 0.139. The lowest BCUT2D eigenvalue weighted by Gasteiger charge is -2.52. The van der Waals surface area contributed by atoms with Crippen molar-refractivity contribution in [2.75, 3.05) is 26.2 Å². The molecule has 4 heterocycles. The van der Waals surface area contributed by atoms with Crippen LogP contribution in [-0.2, 0) is 11.2 Å². The lowest BCUT2D eigenvalue weighted by molar-refractivity contribution is -0.144. The molecule has 1 aromatic carbocycles. The van der Waals surface area contributed by atoms with Gasteiger partial charge in [-0.3, -0.25) is 9.59 Å². The van der Waals surface area contributed by atoms with Crippen molar-refractivity contribution in [1.82, 2.24) is 9.80 Å². The molecular formula is C20H24N2O3. The summed E-state index contributed by atoms with van der Waals surface area (Å²) in [5.41, 5.74) is 1.92. The fourth-order valence-corrected chi connectivity index (χ4v) is 5.28. The van der Waals surface area contributed by atoms with E-state index in [4.69, 9.17) is 4.74 Å². The van der Waals surface area contributed by atoms with Crippen LogP contribution in [0.2, 0.25) is 0 Å². The normalized spacial score (nSPS) is 30.6. The lowest BCUT2D eigenvalue weighted by Crippen LogP contribution is -2.61. The average Bonchev–Trinajstić information content (AvgIpc) is 3.09. The van der Waals surface area contributed by atoms with E-state index in [9.17, 15) is 9.59 Å². The molecule has 0 saturated carbocycles. The highest BCUT2D eigenvalue weighted by atomic mass is 16.5. The Hall–Kier alpha value is -2.04. The number of hydrogen-bond donors (Lipinski definition) is 0. The summed E-state index contributed by atoms with van der Waals surface area (Å²) < 4.78 is 5.55. The van der Waals surface area contributed by atoms with Gasteiger partial charge in [0.1, 0.15) is 5.75 Å². The zero-order chi connectivity index (χ0) is 17.0. The van der Waals surface area contributed by atoms with E-state index in [1.165, 1.54) is 0 Å². The molecule has 4 aliphatic rings. The summed E-state index contributed by atoms with van der Waals surface area (Å²) in [6, 6.07) is 6.18. The van der Waals surface area contributed by atoms with Crippen LogP contribution in [0.25, 0.3) is 0 Å². The third-order valence-electron chi connectivity index (χ3n) is 6.40. The smallest absolute Gasteiger partial charge is 0.253 e. The number of carbonyl (C=O) groups excluding carboxylic acids is 2. The number of benzene rings is 1. The van der Waals surface area contributed by atoms with E-state index in [1.54, 1.807) is 0 Å². The number of likely N-dealkylation sites (tertiary alicyclic amines) is 1. The SMILES string of the molecule is O=C(c1ccc2c(c1)CCO2)N1CC2CC(C1)[C@@H]1CCCC(=O)N1C2. The van der Waals surface area contributed by atoms with Gasteiger partial charge in [0.25, 0.3) is 5.91 Å². The summed E-state index contributed by atoms with van der Waals surface area (Å²) in [6.07, 6.45) is 4.86. The van der Waals surface area contributed by atoms with Gasteiger partial charge in [-0.05, 0) is 54.9 Å². The highest BCUT2D eigenvalue weighted by Gasteiger charge is 2.44. The molecule has 0 spiro atoms. The van der Waals surface area contributed by atoms with Gasteiger partial charge in [0.15, 0.2) is 0 Å². The van der Waals surface area contributed by atoms with E-state index in [-0.39, 0.29) is 5.91 Å². The molecule has 1 aromatic rings. The number of piperidine rings is 3. The third-order valence-corrected chi connectivity index (χ3v) is 6.40. The molecule has 2 bridgehead atoms. The number of nitrogens with zero attached hydrogens (tertiary/aromatic N) is 2. The fraction of sp³-hybridized carbons (Fsp3) is 0.600. The van der Waals surface area contributed by atoms with Gasteiger partial charge in [0.2, 0.25) is 5.91 Å². The molecule has 0 aromatic heterocycles. The van der Waals surface area contributed by atoms with Crippen LogP contribution in [0.5, 0.6) is 5.75 Å². The summed E-state index contributed by atoms with van der Waals surface area (Å²) in [5, 5.41) is 0. The van der Waals surface area contributed by atoms with Gasteiger partial charge in [-0.15, -0.1) is 0 Å². The van der Waals surface area contributed by atoms with E-state index < -0.39 is 0 Å². The Morgan fingerprint density at radius 1 is 1.16 bits per heavy atom. The zero-order valence-electron chi connectivity index (χ0n) is 14.4. The van der Waals surface area contributed by atoms with E-state index in [0.717, 1.165) is 62.2 Å². The predicted molar refractivity (Wildman–Crippen MR) is 92.5 cm³/mol. The van der Waals surface area contributed by atoms with Crippen molar-refractivity contribution in [3.05, 3.63) is 29.3 Å². The maximum Gasteiger partial charge on any atom is 0.253 e. The molecule has 132 valence electrons. The van der Waals surface area contributed by atoms with Crippen molar-refractivity contribution in [1.29, 1.82) is 0 Å². The van der Waals surface area contributed by atoms with Gasteiger partial charge >= 0.3 is 0 Å². The van der Waals surface area contributed by atoms with Gasteiger partial charge in [0, 0.05) is 44.1 Å². The molecule has 4 aliphatic heterocycles. The van der Waals surface area contributed by atoms with E-state index in [0.29, 0.717) is 36.8 Å². The van der Waals surface area contributed by atoms with Gasteiger partial charge < -0.3 is 14.5 Å². The highest BCUT2D eigenvalue weighted by Crippen LogP contribution is 2.38. The number of carbonyl (C=O) groups is 2. The number of rotatable bonds is 1. The van der Waals surface area contributed by atoms with Crippen molar-refractivity contribution < 1.29 is 14.3 Å². The summed E-state index contributed by atoms with van der Waals surface area (Å²) in [5.74, 6) is 2.25. The van der Waals surface area contributed by atoms with Crippen LogP contribution in [-0.4, -0.2) is 53.9 Å². The molecule has 5 nitrogen and oxygen atoms in total. The van der Waals surface area contributed by atoms with Crippen molar-refractivity contribution in [2.24, 2.45) is 11.8 Å². The minimum Gasteiger partial charge on any atom is -0.493 e. The largest absolute Gasteiger partial charge is 0.493 e. The molecular weight excluding hydrogens is 316 g/mol. The van der Waals surface area contributed by atoms with Crippen LogP contribution < -0.4 is 4.74 Å². The quantitative estimate of drug-likeness (QED) is 0.787. The van der Waals surface area contributed by atoms with Crippen LogP contribution in [0.15, 0.2) is 18.2 Å². The lowest BCUT2D eigenvalue weighted by atomic mass is 9.76. The fourth-order valence-electron chi connectivity index (χ4n) is 5.28. The van der Waals surface area contributed by atoms with Gasteiger partial charge in [0.05, 0.1) is 6.61 Å². The number of hydrogen-bond acceptors (Lipinski definition) is 3. The van der Waals surface area contributed by atoms with Crippen molar-refractivity contribution >= 4 is 11.8 Å². The Labute approximate surface area is 147 Å². The van der Waals surface area contributed by atoms with Crippen LogP contribution in [0.4, 0.5) is 0 Å². The molecule has 0 radical (unpaired) electrons. The number of fused-ring (bicyclic) bond motifs is 5. The highest BCUT2D eigenvalue weighted by molar-refractivity contribution is 5.94. The van der Waals surface area contributed by atoms with E-state index in [1.807, 2.05) is 23.1 Å². The number of ether oxygens (including phenoxy) is 1. The molecule has 5 rings (SSSR count). The standard InChI is InChI=1S/C20H24N2O3/c23-19-3-1-2-17-16-8-13(11-22(17)19)10-21(12-16)20(24)15-4-5-18-14(9-15)6-7-25-18/h4-5,9,13,16-17H,1-3,6-8,10-12H2/t13?,16?,17-/m0/s1. The molecule has 3 saturated heterocycles. The second-order valence-electron chi connectivity index (χ2n) is 8.00. The Morgan fingerprint density at radius 3 is 3.00 bits per heavy atom. The van der Waals surface area contributed by atoms with Gasteiger partial charge in [-0.1, -0.05) is 0 Å². The molecule has 3 fully saturated rings. The zero-order valence-corrected chi connectivity index (χ0v) is 14.4. The summed E-state index contributed by atoms with van der Waals surface area (Å²) in [6.45, 7) is 3.12. The van der Waals surface area contributed by atoms with Gasteiger partial charge in [-0.2, -0.15) is 0 Å².